The van der Waals surface area contributed by atoms with Gasteiger partial charge in [-0.1, -0.05) is 359 Å². The van der Waals surface area contributed by atoms with Crippen LogP contribution in [0.1, 0.15) is 52.9 Å². The molecule has 17 aromatic carbocycles. The zero-order valence-electron chi connectivity index (χ0n) is 64.7. The molecular formula is C112H80N4. The Morgan fingerprint density at radius 1 is 0.405 bits per heavy atom. The number of rotatable bonds is 17. The first kappa shape index (κ1) is 70.3. The van der Waals surface area contributed by atoms with Crippen LogP contribution in [-0.2, 0) is 0 Å². The SMILES string of the molecule is C=C/C=C\c1cccc(-c2c3ccccc3c(-c3cccc4cc(-c5cccc6nc(-c7ccc(-c8ccc9c(-c%10ccccc%10-c%10ccccc%10)c%10ccccc%10c(C(=C)/C(=C\C=C/C)c%10ccccc%10)c9c8)cc7)n(-c7ccccc7)c56)ccc34)c3cc(C4C=CC(c5nc6ccccc6n5-c5ccccc5)=CC4)ccc23)c1C. The molecule has 0 saturated heterocycles. The van der Waals surface area contributed by atoms with E-state index >= 15 is 0 Å². The van der Waals surface area contributed by atoms with Crippen molar-refractivity contribution in [3.63, 3.8) is 0 Å². The molecule has 2 aromatic heterocycles. The summed E-state index contributed by atoms with van der Waals surface area (Å²) in [6.07, 6.45) is 20.4. The van der Waals surface area contributed by atoms with E-state index in [1.54, 1.807) is 0 Å². The smallest absolute Gasteiger partial charge is 0.145 e. The molecule has 4 heteroatoms. The first-order valence-electron chi connectivity index (χ1n) is 40.1. The van der Waals surface area contributed by atoms with Crippen LogP contribution in [0.4, 0.5) is 0 Å². The molecule has 4 nitrogen and oxygen atoms in total. The van der Waals surface area contributed by atoms with Crippen molar-refractivity contribution in [3.05, 3.63) is 447 Å². The van der Waals surface area contributed by atoms with E-state index in [9.17, 15) is 0 Å². The van der Waals surface area contributed by atoms with Gasteiger partial charge in [0, 0.05) is 34.0 Å². The van der Waals surface area contributed by atoms with Crippen LogP contribution in [0.2, 0.25) is 0 Å². The van der Waals surface area contributed by atoms with Crippen molar-refractivity contribution in [1.82, 2.24) is 19.1 Å². The fourth-order valence-electron chi connectivity index (χ4n) is 18.1. The minimum absolute atomic E-state index is 0.130. The zero-order valence-corrected chi connectivity index (χ0v) is 64.7. The number of fused-ring (bicyclic) bond motifs is 7. The summed E-state index contributed by atoms with van der Waals surface area (Å²) in [7, 11) is 0. The Balaban J connectivity index is 0.706. The van der Waals surface area contributed by atoms with Crippen molar-refractivity contribution in [2.45, 2.75) is 26.2 Å². The van der Waals surface area contributed by atoms with Crippen molar-refractivity contribution in [2.75, 3.05) is 0 Å². The monoisotopic (exact) mass is 1480 g/mol. The highest BCUT2D eigenvalue weighted by Crippen LogP contribution is 2.51. The number of hydrogen-bond donors (Lipinski definition) is 0. The Bertz CT molecular complexity index is 7310. The lowest BCUT2D eigenvalue weighted by atomic mass is 9.81. The zero-order chi connectivity index (χ0) is 77.7. The summed E-state index contributed by atoms with van der Waals surface area (Å²) in [6, 6.07) is 129. The van der Waals surface area contributed by atoms with Crippen molar-refractivity contribution in [2.24, 2.45) is 0 Å². The topological polar surface area (TPSA) is 35.6 Å². The van der Waals surface area contributed by atoms with Crippen LogP contribution < -0.4 is 0 Å². The van der Waals surface area contributed by atoms with Gasteiger partial charge < -0.3 is 0 Å². The first-order chi connectivity index (χ1) is 57.3. The van der Waals surface area contributed by atoms with Crippen LogP contribution >= 0.6 is 0 Å². The molecule has 548 valence electrons. The number of nitrogens with zero attached hydrogens (tertiary/aromatic N) is 4. The molecule has 1 aliphatic rings. The Hall–Kier alpha value is -14.8. The predicted molar refractivity (Wildman–Crippen MR) is 494 cm³/mol. The van der Waals surface area contributed by atoms with Crippen molar-refractivity contribution in [3.8, 4) is 89.5 Å². The van der Waals surface area contributed by atoms with Gasteiger partial charge >= 0.3 is 0 Å². The number of para-hydroxylation sites is 5. The quantitative estimate of drug-likeness (QED) is 0.0673. The van der Waals surface area contributed by atoms with Gasteiger partial charge in [0.1, 0.15) is 11.6 Å². The van der Waals surface area contributed by atoms with Crippen LogP contribution in [0.15, 0.2) is 414 Å². The molecule has 0 spiro atoms. The molecule has 0 saturated carbocycles. The first-order valence-corrected chi connectivity index (χ1v) is 40.1. The second kappa shape index (κ2) is 30.0. The largest absolute Gasteiger partial charge is 0.292 e. The minimum atomic E-state index is 0.130. The van der Waals surface area contributed by atoms with Crippen LogP contribution in [0.5, 0.6) is 0 Å². The van der Waals surface area contributed by atoms with Crippen molar-refractivity contribution < 1.29 is 0 Å². The van der Waals surface area contributed by atoms with Gasteiger partial charge in [0.25, 0.3) is 0 Å². The molecule has 1 atom stereocenters. The number of benzene rings is 17. The normalized spacial score (nSPS) is 13.2. The molecule has 20 rings (SSSR count). The molecule has 0 amide bonds. The summed E-state index contributed by atoms with van der Waals surface area (Å²) in [5.74, 6) is 1.94. The van der Waals surface area contributed by atoms with Crippen LogP contribution in [0.3, 0.4) is 0 Å². The van der Waals surface area contributed by atoms with Gasteiger partial charge in [-0.25, -0.2) is 9.97 Å². The summed E-state index contributed by atoms with van der Waals surface area (Å²) in [5, 5.41) is 11.8. The Morgan fingerprint density at radius 3 is 1.70 bits per heavy atom. The second-order valence-electron chi connectivity index (χ2n) is 30.2. The average molecular weight is 1480 g/mol. The molecule has 116 heavy (non-hydrogen) atoms. The van der Waals surface area contributed by atoms with Crippen molar-refractivity contribution in [1.29, 1.82) is 0 Å². The predicted octanol–water partition coefficient (Wildman–Crippen LogP) is 30.1. The summed E-state index contributed by atoms with van der Waals surface area (Å²) in [6.45, 7) is 13.4. The van der Waals surface area contributed by atoms with Gasteiger partial charge in [-0.3, -0.25) is 9.13 Å². The minimum Gasteiger partial charge on any atom is -0.292 e. The maximum absolute atomic E-state index is 5.61. The summed E-state index contributed by atoms with van der Waals surface area (Å²) in [4.78, 5) is 10.9. The molecular weight excluding hydrogens is 1400 g/mol. The van der Waals surface area contributed by atoms with E-state index in [0.29, 0.717) is 0 Å². The van der Waals surface area contributed by atoms with Crippen molar-refractivity contribution >= 4 is 98.7 Å². The summed E-state index contributed by atoms with van der Waals surface area (Å²) in [5.41, 5.74) is 30.2. The summed E-state index contributed by atoms with van der Waals surface area (Å²) < 4.78 is 4.66. The van der Waals surface area contributed by atoms with E-state index < -0.39 is 0 Å². The molecule has 0 fully saturated rings. The van der Waals surface area contributed by atoms with Gasteiger partial charge in [0.15, 0.2) is 0 Å². The van der Waals surface area contributed by atoms with E-state index in [-0.39, 0.29) is 5.92 Å². The number of aromatic nitrogens is 4. The molecule has 0 radical (unpaired) electrons. The fraction of sp³-hybridized carbons (Fsp3) is 0.0357. The van der Waals surface area contributed by atoms with Gasteiger partial charge in [-0.2, -0.15) is 0 Å². The van der Waals surface area contributed by atoms with Gasteiger partial charge in [-0.15, -0.1) is 0 Å². The maximum Gasteiger partial charge on any atom is 0.145 e. The molecule has 0 aliphatic heterocycles. The van der Waals surface area contributed by atoms with E-state index in [0.717, 1.165) is 129 Å². The van der Waals surface area contributed by atoms with Gasteiger partial charge in [0.05, 0.1) is 22.1 Å². The molecule has 19 aromatic rings. The van der Waals surface area contributed by atoms with Crippen LogP contribution in [-0.4, -0.2) is 19.1 Å². The van der Waals surface area contributed by atoms with E-state index in [1.807, 2.05) is 12.2 Å². The number of hydrogen-bond acceptors (Lipinski definition) is 2. The molecule has 0 N–H and O–H groups in total. The Kier molecular flexibility index (Phi) is 18.2. The fourth-order valence-corrected chi connectivity index (χ4v) is 18.1. The van der Waals surface area contributed by atoms with E-state index in [1.165, 1.54) is 93.5 Å². The highest BCUT2D eigenvalue weighted by atomic mass is 15.1. The lowest BCUT2D eigenvalue weighted by Gasteiger charge is -2.23. The maximum atomic E-state index is 5.61. The molecule has 1 unspecified atom stereocenters. The summed E-state index contributed by atoms with van der Waals surface area (Å²) >= 11 is 0. The Labute approximate surface area is 676 Å². The third-order valence-electron chi connectivity index (χ3n) is 23.6. The van der Waals surface area contributed by atoms with E-state index in [4.69, 9.17) is 16.5 Å². The molecule has 0 bridgehead atoms. The second-order valence-corrected chi connectivity index (χ2v) is 30.2. The number of allylic oxidation sites excluding steroid dienone is 11. The highest BCUT2D eigenvalue weighted by Gasteiger charge is 2.27. The standard InChI is InChI=1S/C112H80N4/c1-5-7-32-75-37-29-50-89(73(75)3)107-97-48-25-26-49-98(97)109(102-72-83(65-69-100(102)107)77-56-60-80(61-57-77)111-113-103-53-27-28-55-105(103)115(111)86-39-17-11-18-40-86)94-52-30-38-84-70-85(66-67-91(84)94)92-51-31-54-104-110(92)116(87-41-19-12-20-42-87)112(114-104)81-62-58-76(59-63-81)82-64-68-99-101(71-82)106(74(4)88(43-8-6-2)78-33-13-9-14-34-78)95-46-23-24-47-96(95)108(99)93-45-22-21-44-90(93)79-35-15-10-16-36-79/h5-56,58-72,77H,1,4,57H2,2-3H3/b8-6-,32-7-,88-43+. The van der Waals surface area contributed by atoms with Gasteiger partial charge in [-0.05, 0) is 235 Å². The van der Waals surface area contributed by atoms with Gasteiger partial charge in [0.2, 0.25) is 0 Å². The highest BCUT2D eigenvalue weighted by molar-refractivity contribution is 6.26. The number of imidazole rings is 2. The van der Waals surface area contributed by atoms with Crippen LogP contribution in [0, 0.1) is 6.92 Å². The lowest BCUT2D eigenvalue weighted by molar-refractivity contribution is 0.855. The van der Waals surface area contributed by atoms with Crippen LogP contribution in [0.25, 0.3) is 188 Å². The third kappa shape index (κ3) is 12.3. The lowest BCUT2D eigenvalue weighted by Crippen LogP contribution is -2.04. The Morgan fingerprint density at radius 2 is 0.957 bits per heavy atom. The molecule has 1 aliphatic carbocycles. The third-order valence-corrected chi connectivity index (χ3v) is 23.6. The average Bonchev–Trinajstić information content (AvgIpc) is 1.13. The van der Waals surface area contributed by atoms with E-state index in [2.05, 4.69) is 424 Å². The molecule has 2 heterocycles.